The highest BCUT2D eigenvalue weighted by molar-refractivity contribution is 5.44. The quantitative estimate of drug-likeness (QED) is 0.744. The molecule has 2 heterocycles. The topological polar surface area (TPSA) is 62.1 Å². The Morgan fingerprint density at radius 3 is 2.80 bits per heavy atom. The molecule has 0 bridgehead atoms. The molecule has 1 fully saturated rings. The van der Waals surface area contributed by atoms with Crippen molar-refractivity contribution in [2.75, 3.05) is 24.5 Å². The Morgan fingerprint density at radius 1 is 1.47 bits per heavy atom. The van der Waals surface area contributed by atoms with Gasteiger partial charge in [0.15, 0.2) is 0 Å². The van der Waals surface area contributed by atoms with E-state index >= 15 is 0 Å². The summed E-state index contributed by atoms with van der Waals surface area (Å²) in [5, 5.41) is 0. The number of hydrogen-bond donors (Lipinski definition) is 2. The van der Waals surface area contributed by atoms with Crippen LogP contribution in [0.25, 0.3) is 0 Å². The molecule has 0 atom stereocenters. The van der Waals surface area contributed by atoms with Crippen LogP contribution in [0.5, 0.6) is 0 Å². The molecular weight excluding hydrogens is 190 g/mol. The van der Waals surface area contributed by atoms with E-state index in [0.717, 1.165) is 38.2 Å². The third kappa shape index (κ3) is 2.39. The van der Waals surface area contributed by atoms with Gasteiger partial charge in [-0.2, -0.15) is 0 Å². The van der Waals surface area contributed by atoms with Gasteiger partial charge in [0, 0.05) is 31.0 Å². The van der Waals surface area contributed by atoms with Gasteiger partial charge in [-0.3, -0.25) is 4.79 Å². The number of rotatable bonds is 2. The molecule has 0 aliphatic carbocycles. The van der Waals surface area contributed by atoms with E-state index in [1.807, 2.05) is 6.07 Å². The molecule has 2 rings (SSSR count). The summed E-state index contributed by atoms with van der Waals surface area (Å²) in [5.41, 5.74) is 6.63. The van der Waals surface area contributed by atoms with Crippen LogP contribution in [0.2, 0.25) is 0 Å². The maximum atomic E-state index is 11.2. The summed E-state index contributed by atoms with van der Waals surface area (Å²) < 4.78 is 0. The monoisotopic (exact) mass is 207 g/mol. The Kier molecular flexibility index (Phi) is 3.06. The molecule has 1 saturated heterocycles. The van der Waals surface area contributed by atoms with Gasteiger partial charge in [-0.25, -0.2) is 0 Å². The largest absolute Gasteiger partial charge is 0.371 e. The van der Waals surface area contributed by atoms with Gasteiger partial charge < -0.3 is 15.6 Å². The Balaban J connectivity index is 2.04. The first-order chi connectivity index (χ1) is 7.29. The van der Waals surface area contributed by atoms with Crippen molar-refractivity contribution in [1.82, 2.24) is 4.98 Å². The van der Waals surface area contributed by atoms with Gasteiger partial charge in [-0.05, 0) is 31.4 Å². The second-order valence-corrected chi connectivity index (χ2v) is 4.08. The average Bonchev–Trinajstić information content (AvgIpc) is 2.29. The SMILES string of the molecule is NCC1CCN(c2cc[nH]c(=O)c2)CC1. The number of pyridine rings is 1. The molecule has 4 nitrogen and oxygen atoms in total. The number of aromatic nitrogens is 1. The Labute approximate surface area is 89.1 Å². The van der Waals surface area contributed by atoms with E-state index in [4.69, 9.17) is 5.73 Å². The fourth-order valence-electron chi connectivity index (χ4n) is 2.06. The minimum absolute atomic E-state index is 0.0338. The van der Waals surface area contributed by atoms with Crippen LogP contribution in [0.1, 0.15) is 12.8 Å². The molecule has 0 unspecified atom stereocenters. The molecule has 4 heteroatoms. The fourth-order valence-corrected chi connectivity index (χ4v) is 2.06. The second-order valence-electron chi connectivity index (χ2n) is 4.08. The molecule has 1 aromatic heterocycles. The van der Waals surface area contributed by atoms with Crippen LogP contribution in [0.4, 0.5) is 5.69 Å². The van der Waals surface area contributed by atoms with Crippen molar-refractivity contribution in [2.24, 2.45) is 11.7 Å². The van der Waals surface area contributed by atoms with Gasteiger partial charge in [-0.1, -0.05) is 0 Å². The minimum atomic E-state index is -0.0338. The van der Waals surface area contributed by atoms with Gasteiger partial charge in [0.1, 0.15) is 0 Å². The molecule has 0 radical (unpaired) electrons. The minimum Gasteiger partial charge on any atom is -0.371 e. The molecule has 0 saturated carbocycles. The number of H-pyrrole nitrogens is 1. The molecule has 1 aromatic rings. The smallest absolute Gasteiger partial charge is 0.249 e. The van der Waals surface area contributed by atoms with Crippen LogP contribution in [-0.2, 0) is 0 Å². The molecule has 0 aromatic carbocycles. The highest BCUT2D eigenvalue weighted by Gasteiger charge is 2.18. The number of nitrogens with zero attached hydrogens (tertiary/aromatic N) is 1. The van der Waals surface area contributed by atoms with E-state index < -0.39 is 0 Å². The number of piperidine rings is 1. The predicted molar refractivity (Wildman–Crippen MR) is 61.1 cm³/mol. The summed E-state index contributed by atoms with van der Waals surface area (Å²) in [6.07, 6.45) is 3.96. The van der Waals surface area contributed by atoms with Crippen molar-refractivity contribution in [2.45, 2.75) is 12.8 Å². The molecule has 1 aliphatic heterocycles. The summed E-state index contributed by atoms with van der Waals surface area (Å²) in [7, 11) is 0. The van der Waals surface area contributed by atoms with Crippen LogP contribution in [0.3, 0.4) is 0 Å². The number of nitrogens with one attached hydrogen (secondary N) is 1. The van der Waals surface area contributed by atoms with E-state index in [2.05, 4.69) is 9.88 Å². The molecule has 0 amide bonds. The van der Waals surface area contributed by atoms with Crippen LogP contribution in [-0.4, -0.2) is 24.6 Å². The highest BCUT2D eigenvalue weighted by Crippen LogP contribution is 2.20. The Bertz CT molecular complexity index is 366. The summed E-state index contributed by atoms with van der Waals surface area (Å²) in [6.45, 7) is 2.79. The first-order valence-corrected chi connectivity index (χ1v) is 5.43. The van der Waals surface area contributed by atoms with E-state index in [1.165, 1.54) is 0 Å². The number of aromatic amines is 1. The van der Waals surface area contributed by atoms with E-state index in [0.29, 0.717) is 5.92 Å². The lowest BCUT2D eigenvalue weighted by Crippen LogP contribution is -2.36. The van der Waals surface area contributed by atoms with Crippen LogP contribution >= 0.6 is 0 Å². The summed E-state index contributed by atoms with van der Waals surface area (Å²) >= 11 is 0. The second kappa shape index (κ2) is 4.49. The lowest BCUT2D eigenvalue weighted by Gasteiger charge is -2.32. The van der Waals surface area contributed by atoms with Crippen LogP contribution < -0.4 is 16.2 Å². The average molecular weight is 207 g/mol. The third-order valence-electron chi connectivity index (χ3n) is 3.07. The molecule has 15 heavy (non-hydrogen) atoms. The van der Waals surface area contributed by atoms with E-state index in [1.54, 1.807) is 12.3 Å². The van der Waals surface area contributed by atoms with Crippen LogP contribution in [0.15, 0.2) is 23.1 Å². The summed E-state index contributed by atoms with van der Waals surface area (Å²) in [6, 6.07) is 3.60. The van der Waals surface area contributed by atoms with Gasteiger partial charge in [0.2, 0.25) is 5.56 Å². The number of nitrogens with two attached hydrogens (primary N) is 1. The van der Waals surface area contributed by atoms with Crippen molar-refractivity contribution in [3.63, 3.8) is 0 Å². The summed E-state index contributed by atoms with van der Waals surface area (Å²) in [4.78, 5) is 16.0. The molecular formula is C11H17N3O. The first kappa shape index (κ1) is 10.2. The molecule has 0 spiro atoms. The highest BCUT2D eigenvalue weighted by atomic mass is 16.1. The zero-order valence-electron chi connectivity index (χ0n) is 8.78. The van der Waals surface area contributed by atoms with Crippen molar-refractivity contribution in [3.8, 4) is 0 Å². The fraction of sp³-hybridized carbons (Fsp3) is 0.545. The van der Waals surface area contributed by atoms with Gasteiger partial charge in [0.25, 0.3) is 0 Å². The normalized spacial score (nSPS) is 18.1. The number of anilines is 1. The predicted octanol–water partition coefficient (Wildman–Crippen LogP) is 0.550. The summed E-state index contributed by atoms with van der Waals surface area (Å²) in [5.74, 6) is 0.656. The molecule has 1 aliphatic rings. The van der Waals surface area contributed by atoms with E-state index in [9.17, 15) is 4.79 Å². The Hall–Kier alpha value is -1.29. The van der Waals surface area contributed by atoms with Gasteiger partial charge in [-0.15, -0.1) is 0 Å². The molecule has 82 valence electrons. The lowest BCUT2D eigenvalue weighted by atomic mass is 9.97. The third-order valence-corrected chi connectivity index (χ3v) is 3.07. The lowest BCUT2D eigenvalue weighted by molar-refractivity contribution is 0.414. The van der Waals surface area contributed by atoms with E-state index in [-0.39, 0.29) is 5.56 Å². The van der Waals surface area contributed by atoms with Crippen molar-refractivity contribution < 1.29 is 0 Å². The number of hydrogen-bond acceptors (Lipinski definition) is 3. The maximum absolute atomic E-state index is 11.2. The van der Waals surface area contributed by atoms with Crippen molar-refractivity contribution in [1.29, 1.82) is 0 Å². The van der Waals surface area contributed by atoms with Crippen molar-refractivity contribution >= 4 is 5.69 Å². The van der Waals surface area contributed by atoms with Crippen molar-refractivity contribution in [3.05, 3.63) is 28.7 Å². The first-order valence-electron chi connectivity index (χ1n) is 5.43. The van der Waals surface area contributed by atoms with Gasteiger partial charge >= 0.3 is 0 Å². The van der Waals surface area contributed by atoms with Crippen LogP contribution in [0, 0.1) is 5.92 Å². The van der Waals surface area contributed by atoms with Gasteiger partial charge in [0.05, 0.1) is 0 Å². The maximum Gasteiger partial charge on any atom is 0.249 e. The Morgan fingerprint density at radius 2 is 2.20 bits per heavy atom. The zero-order valence-corrected chi connectivity index (χ0v) is 8.78. The molecule has 3 N–H and O–H groups in total. The zero-order chi connectivity index (χ0) is 10.7. The standard InChI is InChI=1S/C11H17N3O/c12-8-9-2-5-14(6-3-9)10-1-4-13-11(15)7-10/h1,4,7,9H,2-3,5-6,8,12H2,(H,13,15).